The van der Waals surface area contributed by atoms with E-state index in [4.69, 9.17) is 0 Å². The second-order valence-electron chi connectivity index (χ2n) is 4.98. The molecule has 0 amide bonds. The van der Waals surface area contributed by atoms with Gasteiger partial charge in [0.1, 0.15) is 6.07 Å². The molecule has 6 heteroatoms. The highest BCUT2D eigenvalue weighted by Crippen LogP contribution is 2.31. The lowest BCUT2D eigenvalue weighted by Crippen LogP contribution is -2.16. The van der Waals surface area contributed by atoms with Crippen molar-refractivity contribution in [2.75, 3.05) is 5.32 Å². The van der Waals surface area contributed by atoms with E-state index in [2.05, 4.69) is 19.2 Å². The predicted molar refractivity (Wildman–Crippen MR) is 83.3 cm³/mol. The number of nitrogens with one attached hydrogen (secondary N) is 1. The minimum atomic E-state index is -0.496. The SMILES string of the molecule is CC(C)C(Nc1ccc([N+](=O)[O-])cc1C#N)c1cccs1. The number of nitriles is 1. The number of hydrogen-bond acceptors (Lipinski definition) is 5. The zero-order valence-electron chi connectivity index (χ0n) is 11.7. The number of thiophene rings is 1. The van der Waals surface area contributed by atoms with Crippen LogP contribution >= 0.6 is 11.3 Å². The highest BCUT2D eigenvalue weighted by molar-refractivity contribution is 7.10. The van der Waals surface area contributed by atoms with E-state index >= 15 is 0 Å². The van der Waals surface area contributed by atoms with Crippen LogP contribution < -0.4 is 5.32 Å². The van der Waals surface area contributed by atoms with Crippen molar-refractivity contribution in [1.29, 1.82) is 5.26 Å². The molecule has 108 valence electrons. The molecule has 0 aliphatic heterocycles. The van der Waals surface area contributed by atoms with Gasteiger partial charge >= 0.3 is 0 Å². The summed E-state index contributed by atoms with van der Waals surface area (Å²) in [5.74, 6) is 0.324. The molecule has 21 heavy (non-hydrogen) atoms. The summed E-state index contributed by atoms with van der Waals surface area (Å²) >= 11 is 1.65. The molecule has 1 N–H and O–H groups in total. The van der Waals surface area contributed by atoms with Crippen molar-refractivity contribution in [1.82, 2.24) is 0 Å². The van der Waals surface area contributed by atoms with Gasteiger partial charge in [-0.15, -0.1) is 11.3 Å². The summed E-state index contributed by atoms with van der Waals surface area (Å²) in [5, 5.41) is 25.3. The highest BCUT2D eigenvalue weighted by atomic mass is 32.1. The van der Waals surface area contributed by atoms with E-state index in [-0.39, 0.29) is 17.3 Å². The van der Waals surface area contributed by atoms with Crippen molar-refractivity contribution < 1.29 is 4.92 Å². The number of nitro benzene ring substituents is 1. The molecule has 1 unspecified atom stereocenters. The second kappa shape index (κ2) is 6.37. The standard InChI is InChI=1S/C15H15N3O2S/c1-10(2)15(14-4-3-7-21-14)17-13-6-5-12(18(19)20)8-11(13)9-16/h3-8,10,15,17H,1-2H3. The number of nitrogens with zero attached hydrogens (tertiary/aromatic N) is 2. The summed E-state index contributed by atoms with van der Waals surface area (Å²) in [5.41, 5.74) is 0.830. The van der Waals surface area contributed by atoms with E-state index in [1.807, 2.05) is 23.6 Å². The normalized spacial score (nSPS) is 11.9. The molecule has 2 rings (SSSR count). The van der Waals surface area contributed by atoms with Crippen LogP contribution in [0.2, 0.25) is 0 Å². The number of benzene rings is 1. The smallest absolute Gasteiger partial charge is 0.270 e. The molecule has 0 fully saturated rings. The average Bonchev–Trinajstić information content (AvgIpc) is 2.97. The van der Waals surface area contributed by atoms with Gasteiger partial charge in [0.25, 0.3) is 5.69 Å². The van der Waals surface area contributed by atoms with Crippen LogP contribution in [0.3, 0.4) is 0 Å². The quantitative estimate of drug-likeness (QED) is 0.658. The fraction of sp³-hybridized carbons (Fsp3) is 0.267. The summed E-state index contributed by atoms with van der Waals surface area (Å²) in [6.07, 6.45) is 0. The average molecular weight is 301 g/mol. The lowest BCUT2D eigenvalue weighted by atomic mass is 10.0. The van der Waals surface area contributed by atoms with Gasteiger partial charge in [0.05, 0.1) is 22.2 Å². The lowest BCUT2D eigenvalue weighted by molar-refractivity contribution is -0.384. The summed E-state index contributed by atoms with van der Waals surface area (Å²) in [4.78, 5) is 11.5. The molecule has 2 aromatic rings. The highest BCUT2D eigenvalue weighted by Gasteiger charge is 2.19. The summed E-state index contributed by atoms with van der Waals surface area (Å²) in [6.45, 7) is 4.18. The zero-order chi connectivity index (χ0) is 15.4. The van der Waals surface area contributed by atoms with Gasteiger partial charge in [0.15, 0.2) is 0 Å². The first kappa shape index (κ1) is 15.0. The topological polar surface area (TPSA) is 79.0 Å². The maximum atomic E-state index is 10.8. The van der Waals surface area contributed by atoms with Crippen molar-refractivity contribution in [3.63, 3.8) is 0 Å². The number of hydrogen-bond donors (Lipinski definition) is 1. The molecule has 0 radical (unpaired) electrons. The van der Waals surface area contributed by atoms with Crippen molar-refractivity contribution >= 4 is 22.7 Å². The van der Waals surface area contributed by atoms with E-state index in [9.17, 15) is 15.4 Å². The van der Waals surface area contributed by atoms with Crippen LogP contribution in [0.1, 0.15) is 30.3 Å². The molecule has 5 nitrogen and oxygen atoms in total. The van der Waals surface area contributed by atoms with Crippen LogP contribution in [0, 0.1) is 27.4 Å². The van der Waals surface area contributed by atoms with Crippen molar-refractivity contribution in [2.24, 2.45) is 5.92 Å². The van der Waals surface area contributed by atoms with E-state index in [0.29, 0.717) is 11.6 Å². The van der Waals surface area contributed by atoms with Crippen molar-refractivity contribution in [3.05, 3.63) is 56.3 Å². The number of anilines is 1. The first-order valence-corrected chi connectivity index (χ1v) is 7.39. The van der Waals surface area contributed by atoms with Crippen LogP contribution in [-0.4, -0.2) is 4.92 Å². The van der Waals surface area contributed by atoms with E-state index in [1.165, 1.54) is 17.0 Å². The molecular weight excluding hydrogens is 286 g/mol. The van der Waals surface area contributed by atoms with Gasteiger partial charge in [-0.05, 0) is 23.4 Å². The lowest BCUT2D eigenvalue weighted by Gasteiger charge is -2.23. The van der Waals surface area contributed by atoms with Gasteiger partial charge in [-0.3, -0.25) is 10.1 Å². The number of non-ortho nitro benzene ring substituents is 1. The molecule has 0 saturated heterocycles. The van der Waals surface area contributed by atoms with Crippen molar-refractivity contribution in [3.8, 4) is 6.07 Å². The molecule has 0 spiro atoms. The zero-order valence-corrected chi connectivity index (χ0v) is 12.6. The minimum Gasteiger partial charge on any atom is -0.376 e. The molecule has 0 saturated carbocycles. The first-order chi connectivity index (χ1) is 10.0. The minimum absolute atomic E-state index is 0.0681. The predicted octanol–water partition coefficient (Wildman–Crippen LogP) is 4.34. The molecule has 0 bridgehead atoms. The Morgan fingerprint density at radius 1 is 1.38 bits per heavy atom. The third-order valence-electron chi connectivity index (χ3n) is 3.16. The largest absolute Gasteiger partial charge is 0.376 e. The van der Waals surface area contributed by atoms with Crippen LogP contribution in [0.25, 0.3) is 0 Å². The van der Waals surface area contributed by atoms with Crippen LogP contribution in [0.4, 0.5) is 11.4 Å². The first-order valence-electron chi connectivity index (χ1n) is 6.51. The molecule has 1 aromatic heterocycles. The molecule has 0 aliphatic carbocycles. The Kier molecular flexibility index (Phi) is 4.55. The number of nitro groups is 1. The molecule has 1 aromatic carbocycles. The van der Waals surface area contributed by atoms with Gasteiger partial charge in [0.2, 0.25) is 0 Å². The Morgan fingerprint density at radius 2 is 2.14 bits per heavy atom. The summed E-state index contributed by atoms with van der Waals surface area (Å²) in [6, 6.07) is 10.4. The maximum Gasteiger partial charge on any atom is 0.270 e. The van der Waals surface area contributed by atoms with Gasteiger partial charge in [0, 0.05) is 17.0 Å². The molecule has 0 aliphatic rings. The third-order valence-corrected chi connectivity index (χ3v) is 4.12. The third kappa shape index (κ3) is 3.38. The fourth-order valence-electron chi connectivity index (χ4n) is 2.07. The van der Waals surface area contributed by atoms with E-state index in [0.717, 1.165) is 0 Å². The summed E-state index contributed by atoms with van der Waals surface area (Å²) in [7, 11) is 0. The van der Waals surface area contributed by atoms with Gasteiger partial charge in [-0.2, -0.15) is 5.26 Å². The Hall–Kier alpha value is -2.39. The van der Waals surface area contributed by atoms with Gasteiger partial charge < -0.3 is 5.32 Å². The van der Waals surface area contributed by atoms with Crippen LogP contribution in [-0.2, 0) is 0 Å². The molecule has 1 heterocycles. The second-order valence-corrected chi connectivity index (χ2v) is 5.96. The van der Waals surface area contributed by atoms with Crippen LogP contribution in [0.15, 0.2) is 35.7 Å². The summed E-state index contributed by atoms with van der Waals surface area (Å²) < 4.78 is 0. The van der Waals surface area contributed by atoms with Crippen LogP contribution in [0.5, 0.6) is 0 Å². The van der Waals surface area contributed by atoms with E-state index in [1.54, 1.807) is 17.4 Å². The number of rotatable bonds is 5. The monoisotopic (exact) mass is 301 g/mol. The Labute approximate surface area is 127 Å². The Morgan fingerprint density at radius 3 is 2.67 bits per heavy atom. The Balaban J connectivity index is 2.33. The molecule has 1 atom stereocenters. The Bertz CT molecular complexity index is 675. The molecular formula is C15H15N3O2S. The van der Waals surface area contributed by atoms with Gasteiger partial charge in [-0.25, -0.2) is 0 Å². The maximum absolute atomic E-state index is 10.8. The van der Waals surface area contributed by atoms with Gasteiger partial charge in [-0.1, -0.05) is 19.9 Å². The van der Waals surface area contributed by atoms with E-state index < -0.39 is 4.92 Å². The van der Waals surface area contributed by atoms with Crippen molar-refractivity contribution in [2.45, 2.75) is 19.9 Å². The fourth-order valence-corrected chi connectivity index (χ4v) is 3.02.